The molecule has 0 saturated carbocycles. The van der Waals surface area contributed by atoms with Gasteiger partial charge in [0.05, 0.1) is 19.0 Å². The van der Waals surface area contributed by atoms with Gasteiger partial charge in [0.2, 0.25) is 5.95 Å². The lowest BCUT2D eigenvalue weighted by molar-refractivity contribution is -0.133. The molecule has 1 aromatic heterocycles. The number of fused-ring (bicyclic) bond motifs is 2. The lowest BCUT2D eigenvalue weighted by Gasteiger charge is -2.41. The smallest absolute Gasteiger partial charge is 0.270 e. The summed E-state index contributed by atoms with van der Waals surface area (Å²) < 4.78 is 26.7. The first-order chi connectivity index (χ1) is 17.2. The molecule has 0 radical (unpaired) electrons. The van der Waals surface area contributed by atoms with E-state index in [1.54, 1.807) is 31.0 Å². The molecule has 0 saturated heterocycles. The van der Waals surface area contributed by atoms with Crippen LogP contribution in [0.2, 0.25) is 0 Å². The van der Waals surface area contributed by atoms with Crippen LogP contribution in [-0.4, -0.2) is 41.2 Å². The molecule has 2 aliphatic heterocycles. The molecule has 0 spiro atoms. The predicted octanol–water partition coefficient (Wildman–Crippen LogP) is 4.59. The van der Waals surface area contributed by atoms with Crippen LogP contribution in [-0.2, 0) is 17.8 Å². The van der Waals surface area contributed by atoms with Gasteiger partial charge in [-0.25, -0.2) is 14.4 Å². The van der Waals surface area contributed by atoms with Gasteiger partial charge in [-0.2, -0.15) is 0 Å². The van der Waals surface area contributed by atoms with Gasteiger partial charge in [0.1, 0.15) is 5.69 Å². The molecule has 0 bridgehead atoms. The Bertz CT molecular complexity index is 1340. The van der Waals surface area contributed by atoms with Crippen LogP contribution < -0.4 is 25.0 Å². The second-order valence-electron chi connectivity index (χ2n) is 9.83. The van der Waals surface area contributed by atoms with Crippen LogP contribution in [0.15, 0.2) is 36.5 Å². The number of anilines is 3. The topological polar surface area (TPSA) is 88.6 Å². The molecule has 9 heteroatoms. The number of hydrogen-bond donors (Lipinski definition) is 2. The molecule has 1 amide bonds. The molecule has 36 heavy (non-hydrogen) atoms. The van der Waals surface area contributed by atoms with Gasteiger partial charge in [0.25, 0.3) is 5.91 Å². The molecule has 3 aromatic rings. The third-order valence-electron chi connectivity index (χ3n) is 6.49. The number of halogens is 1. The monoisotopic (exact) mass is 491 g/mol. The summed E-state index contributed by atoms with van der Waals surface area (Å²) in [4.78, 5) is 23.7. The van der Waals surface area contributed by atoms with Crippen molar-refractivity contribution >= 4 is 23.2 Å². The van der Waals surface area contributed by atoms with E-state index in [4.69, 9.17) is 9.47 Å². The molecular formula is C27H30FN5O3. The zero-order valence-electron chi connectivity index (χ0n) is 21.1. The Hall–Kier alpha value is -3.72. The summed E-state index contributed by atoms with van der Waals surface area (Å²) in [6.45, 7) is 8.86. The number of nitrogens with one attached hydrogen (secondary N) is 2. The van der Waals surface area contributed by atoms with E-state index in [2.05, 4.69) is 32.7 Å². The molecule has 0 aliphatic carbocycles. The molecular weight excluding hydrogens is 461 g/mol. The maximum atomic E-state index is 15.4. The van der Waals surface area contributed by atoms with Gasteiger partial charge in [-0.05, 0) is 76.1 Å². The molecule has 188 valence electrons. The SMILES string of the molecule is COc1cnc(Nc2ccc3c(c2)CCNC3)nc1-c1cc(F)c2c(c1)N(C(C)C)C(=O)C(C)(C)O2. The second kappa shape index (κ2) is 9.05. The Morgan fingerprint density at radius 2 is 2.03 bits per heavy atom. The summed E-state index contributed by atoms with van der Waals surface area (Å²) in [7, 11) is 1.51. The maximum absolute atomic E-state index is 15.4. The van der Waals surface area contributed by atoms with Crippen molar-refractivity contribution in [3.05, 3.63) is 53.5 Å². The van der Waals surface area contributed by atoms with Crippen molar-refractivity contribution in [2.45, 2.75) is 52.3 Å². The fourth-order valence-electron chi connectivity index (χ4n) is 4.68. The minimum absolute atomic E-state index is 0.0481. The van der Waals surface area contributed by atoms with Gasteiger partial charge >= 0.3 is 0 Å². The lowest BCUT2D eigenvalue weighted by atomic mass is 10.00. The van der Waals surface area contributed by atoms with Crippen LogP contribution in [0.25, 0.3) is 11.3 Å². The van der Waals surface area contributed by atoms with Crippen molar-refractivity contribution < 1.29 is 18.7 Å². The van der Waals surface area contributed by atoms with Crippen LogP contribution in [0.1, 0.15) is 38.8 Å². The maximum Gasteiger partial charge on any atom is 0.270 e. The quantitative estimate of drug-likeness (QED) is 0.540. The highest BCUT2D eigenvalue weighted by molar-refractivity contribution is 6.03. The van der Waals surface area contributed by atoms with Gasteiger partial charge in [-0.1, -0.05) is 6.07 Å². The summed E-state index contributed by atoms with van der Waals surface area (Å²) in [5.74, 6) is -0.0248. The standard InChI is InChI=1S/C27H30FN5O3/c1-15(2)33-21-12-18(11-20(28)24(21)36-27(3,4)25(33)34)23-22(35-5)14-30-26(32-23)31-19-7-6-17-13-29-9-8-16(17)10-19/h6-7,10-12,14-15,29H,8-9,13H2,1-5H3,(H,30,31,32). The number of ether oxygens (including phenoxy) is 2. The van der Waals surface area contributed by atoms with E-state index >= 15 is 4.39 Å². The van der Waals surface area contributed by atoms with E-state index in [1.165, 1.54) is 24.3 Å². The van der Waals surface area contributed by atoms with E-state index in [-0.39, 0.29) is 17.7 Å². The Labute approximate surface area is 209 Å². The predicted molar refractivity (Wildman–Crippen MR) is 136 cm³/mol. The zero-order chi connectivity index (χ0) is 25.6. The molecule has 2 N–H and O–H groups in total. The fraction of sp³-hybridized carbons (Fsp3) is 0.370. The lowest BCUT2D eigenvalue weighted by Crippen LogP contribution is -2.55. The number of carbonyl (C=O) groups is 1. The van der Waals surface area contributed by atoms with Crippen LogP contribution >= 0.6 is 0 Å². The highest BCUT2D eigenvalue weighted by Gasteiger charge is 2.43. The first-order valence-corrected chi connectivity index (χ1v) is 12.0. The zero-order valence-corrected chi connectivity index (χ0v) is 21.1. The van der Waals surface area contributed by atoms with Crippen LogP contribution in [0.4, 0.5) is 21.7 Å². The summed E-state index contributed by atoms with van der Waals surface area (Å²) >= 11 is 0. The number of methoxy groups -OCH3 is 1. The van der Waals surface area contributed by atoms with Gasteiger partial charge in [0, 0.05) is 23.8 Å². The number of benzene rings is 2. The molecule has 2 aliphatic rings. The van der Waals surface area contributed by atoms with E-state index < -0.39 is 11.4 Å². The van der Waals surface area contributed by atoms with E-state index in [9.17, 15) is 4.79 Å². The number of carbonyl (C=O) groups excluding carboxylic acids is 1. The Balaban J connectivity index is 1.55. The average Bonchev–Trinajstić information content (AvgIpc) is 2.85. The van der Waals surface area contributed by atoms with Crippen molar-refractivity contribution in [2.75, 3.05) is 23.9 Å². The molecule has 2 aromatic carbocycles. The molecule has 0 unspecified atom stereocenters. The number of aromatic nitrogens is 2. The molecule has 8 nitrogen and oxygen atoms in total. The molecule has 3 heterocycles. The summed E-state index contributed by atoms with van der Waals surface area (Å²) in [5, 5.41) is 6.62. The van der Waals surface area contributed by atoms with Gasteiger partial charge in [-0.3, -0.25) is 4.79 Å². The van der Waals surface area contributed by atoms with Gasteiger partial charge < -0.3 is 25.0 Å². The fourth-order valence-corrected chi connectivity index (χ4v) is 4.68. The van der Waals surface area contributed by atoms with Crippen LogP contribution in [0.5, 0.6) is 11.5 Å². The summed E-state index contributed by atoms with van der Waals surface area (Å²) in [6, 6.07) is 9.05. The van der Waals surface area contributed by atoms with Crippen molar-refractivity contribution in [3.8, 4) is 22.8 Å². The number of amides is 1. The normalized spacial score (nSPS) is 16.3. The first-order valence-electron chi connectivity index (χ1n) is 12.0. The minimum Gasteiger partial charge on any atom is -0.493 e. The second-order valence-corrected chi connectivity index (χ2v) is 9.83. The Morgan fingerprint density at radius 1 is 1.22 bits per heavy atom. The van der Waals surface area contributed by atoms with E-state index in [1.807, 2.05) is 19.9 Å². The van der Waals surface area contributed by atoms with Gasteiger partial charge in [-0.15, -0.1) is 0 Å². The van der Waals surface area contributed by atoms with E-state index in [0.29, 0.717) is 28.6 Å². The summed E-state index contributed by atoms with van der Waals surface area (Å²) in [6.07, 6.45) is 2.51. The van der Waals surface area contributed by atoms with Crippen molar-refractivity contribution in [2.24, 2.45) is 0 Å². The third kappa shape index (κ3) is 4.24. The highest BCUT2D eigenvalue weighted by atomic mass is 19.1. The Morgan fingerprint density at radius 3 is 2.78 bits per heavy atom. The van der Waals surface area contributed by atoms with Crippen molar-refractivity contribution in [3.63, 3.8) is 0 Å². The highest BCUT2D eigenvalue weighted by Crippen LogP contribution is 2.44. The summed E-state index contributed by atoms with van der Waals surface area (Å²) in [5.41, 5.74) is 3.48. The van der Waals surface area contributed by atoms with E-state index in [0.717, 1.165) is 25.2 Å². The molecule has 5 rings (SSSR count). The number of nitrogens with zero attached hydrogens (tertiary/aromatic N) is 3. The number of hydrogen-bond acceptors (Lipinski definition) is 7. The molecule has 0 fully saturated rings. The van der Waals surface area contributed by atoms with Crippen LogP contribution in [0.3, 0.4) is 0 Å². The Kier molecular flexibility index (Phi) is 6.04. The van der Waals surface area contributed by atoms with Crippen LogP contribution in [0, 0.1) is 5.82 Å². The minimum atomic E-state index is -1.17. The molecule has 0 atom stereocenters. The number of rotatable bonds is 5. The third-order valence-corrected chi connectivity index (χ3v) is 6.49. The van der Waals surface area contributed by atoms with Crippen molar-refractivity contribution in [1.29, 1.82) is 0 Å². The van der Waals surface area contributed by atoms with Crippen molar-refractivity contribution in [1.82, 2.24) is 15.3 Å². The largest absolute Gasteiger partial charge is 0.493 e. The van der Waals surface area contributed by atoms with Gasteiger partial charge in [0.15, 0.2) is 22.9 Å². The first kappa shape index (κ1) is 24.0. The average molecular weight is 492 g/mol.